The molecule has 0 N–H and O–H groups in total. The Hall–Kier alpha value is -4.48. The lowest BCUT2D eigenvalue weighted by Crippen LogP contribution is -2.27. The van der Waals surface area contributed by atoms with Crippen molar-refractivity contribution in [2.24, 2.45) is 5.10 Å². The lowest BCUT2D eigenvalue weighted by atomic mass is 9.96. The number of rotatable bonds is 5. The fraction of sp³-hybridized carbons (Fsp3) is 0.0938. The number of aromatic nitrogens is 2. The van der Waals surface area contributed by atoms with Crippen LogP contribution in [-0.4, -0.2) is 26.4 Å². The first-order chi connectivity index (χ1) is 18.6. The van der Waals surface area contributed by atoms with E-state index in [0.717, 1.165) is 33.8 Å². The summed E-state index contributed by atoms with van der Waals surface area (Å²) < 4.78 is 1.88. The van der Waals surface area contributed by atoms with Crippen LogP contribution in [0.25, 0.3) is 16.9 Å². The number of halogens is 1. The van der Waals surface area contributed by atoms with Crippen molar-refractivity contribution in [3.63, 3.8) is 0 Å². The number of carbonyl (C=O) groups is 1. The number of benzene rings is 4. The quantitative estimate of drug-likeness (QED) is 0.243. The molecule has 1 atom stereocenters. The van der Waals surface area contributed by atoms with Gasteiger partial charge in [-0.2, -0.15) is 10.2 Å². The van der Waals surface area contributed by atoms with Crippen molar-refractivity contribution < 1.29 is 4.79 Å². The molecule has 0 fully saturated rings. The average molecular weight is 517 g/mol. The predicted molar refractivity (Wildman–Crippen MR) is 152 cm³/mol. The lowest BCUT2D eigenvalue weighted by Gasteiger charge is -2.22. The molecule has 38 heavy (non-hydrogen) atoms. The Bertz CT molecular complexity index is 1610. The van der Waals surface area contributed by atoms with Crippen LogP contribution >= 0.6 is 11.6 Å². The molecule has 0 saturated heterocycles. The summed E-state index contributed by atoms with van der Waals surface area (Å²) in [5.74, 6) is -0.180. The topological polar surface area (TPSA) is 50.5 Å². The van der Waals surface area contributed by atoms with E-state index in [4.69, 9.17) is 21.8 Å². The van der Waals surface area contributed by atoms with Crippen molar-refractivity contribution in [3.05, 3.63) is 143 Å². The summed E-state index contributed by atoms with van der Waals surface area (Å²) in [4.78, 5) is 13.8. The van der Waals surface area contributed by atoms with E-state index < -0.39 is 0 Å². The van der Waals surface area contributed by atoms with Crippen LogP contribution in [0.2, 0.25) is 5.02 Å². The van der Waals surface area contributed by atoms with E-state index in [1.807, 2.05) is 71.5 Å². The summed E-state index contributed by atoms with van der Waals surface area (Å²) in [7, 11) is 0. The number of hydrazone groups is 1. The van der Waals surface area contributed by atoms with Crippen LogP contribution in [0.3, 0.4) is 0 Å². The molecule has 0 radical (unpaired) electrons. The van der Waals surface area contributed by atoms with Gasteiger partial charge in [0.25, 0.3) is 5.91 Å². The molecule has 1 aliphatic rings. The monoisotopic (exact) mass is 516 g/mol. The molecule has 0 bridgehead atoms. The van der Waals surface area contributed by atoms with E-state index in [1.54, 1.807) is 29.3 Å². The van der Waals surface area contributed by atoms with Crippen molar-refractivity contribution in [2.75, 3.05) is 0 Å². The zero-order valence-corrected chi connectivity index (χ0v) is 21.6. The van der Waals surface area contributed by atoms with Crippen LogP contribution in [0, 0.1) is 6.92 Å². The van der Waals surface area contributed by atoms with Gasteiger partial charge in [0.2, 0.25) is 0 Å². The third kappa shape index (κ3) is 4.64. The van der Waals surface area contributed by atoms with Crippen molar-refractivity contribution in [3.8, 4) is 16.9 Å². The molecule has 4 aromatic carbocycles. The molecule has 1 aromatic heterocycles. The molecule has 1 unspecified atom stereocenters. The molecule has 6 rings (SSSR count). The number of hydrogen-bond acceptors (Lipinski definition) is 3. The summed E-state index contributed by atoms with van der Waals surface area (Å²) >= 11 is 6.10. The Morgan fingerprint density at radius 3 is 2.16 bits per heavy atom. The van der Waals surface area contributed by atoms with E-state index in [2.05, 4.69) is 31.2 Å². The number of aryl methyl sites for hydroxylation is 1. The van der Waals surface area contributed by atoms with Gasteiger partial charge in [0.15, 0.2) is 0 Å². The van der Waals surface area contributed by atoms with Gasteiger partial charge >= 0.3 is 0 Å². The Kier molecular flexibility index (Phi) is 6.36. The Balaban J connectivity index is 1.48. The first kappa shape index (κ1) is 23.9. The molecular formula is C32H25ClN4O. The van der Waals surface area contributed by atoms with Crippen molar-refractivity contribution >= 4 is 23.2 Å². The van der Waals surface area contributed by atoms with Crippen LogP contribution in [-0.2, 0) is 0 Å². The van der Waals surface area contributed by atoms with Gasteiger partial charge in [-0.25, -0.2) is 9.69 Å². The van der Waals surface area contributed by atoms with Crippen LogP contribution in [0.1, 0.15) is 39.5 Å². The van der Waals surface area contributed by atoms with E-state index in [9.17, 15) is 4.79 Å². The molecule has 186 valence electrons. The van der Waals surface area contributed by atoms with Gasteiger partial charge < -0.3 is 0 Å². The van der Waals surface area contributed by atoms with Crippen LogP contribution < -0.4 is 0 Å². The van der Waals surface area contributed by atoms with Crippen LogP contribution in [0.15, 0.2) is 120 Å². The second kappa shape index (κ2) is 10.1. The number of carbonyl (C=O) groups excluding carboxylic acids is 1. The molecule has 6 heteroatoms. The molecule has 5 aromatic rings. The first-order valence-corrected chi connectivity index (χ1v) is 12.9. The highest BCUT2D eigenvalue weighted by molar-refractivity contribution is 6.30. The second-order valence-corrected chi connectivity index (χ2v) is 9.80. The average Bonchev–Trinajstić information content (AvgIpc) is 3.60. The zero-order chi connectivity index (χ0) is 26.1. The van der Waals surface area contributed by atoms with Crippen molar-refractivity contribution in [1.29, 1.82) is 0 Å². The highest BCUT2D eigenvalue weighted by atomic mass is 35.5. The van der Waals surface area contributed by atoms with E-state index >= 15 is 0 Å². The molecule has 2 heterocycles. The maximum Gasteiger partial charge on any atom is 0.274 e. The van der Waals surface area contributed by atoms with Gasteiger partial charge in [0.1, 0.15) is 0 Å². The molecule has 0 saturated carbocycles. The summed E-state index contributed by atoms with van der Waals surface area (Å²) in [6, 6.07) is 35.0. The normalized spacial score (nSPS) is 14.9. The van der Waals surface area contributed by atoms with E-state index in [1.165, 1.54) is 5.56 Å². The summed E-state index contributed by atoms with van der Waals surface area (Å²) in [5, 5.41) is 12.1. The number of para-hydroxylation sites is 1. The van der Waals surface area contributed by atoms with E-state index in [-0.39, 0.29) is 11.9 Å². The Morgan fingerprint density at radius 1 is 0.816 bits per heavy atom. The molecule has 0 spiro atoms. The molecular weight excluding hydrogens is 492 g/mol. The Labute approximate surface area is 226 Å². The second-order valence-electron chi connectivity index (χ2n) is 9.37. The molecule has 0 aliphatic carbocycles. The highest BCUT2D eigenvalue weighted by Crippen LogP contribution is 2.39. The predicted octanol–water partition coefficient (Wildman–Crippen LogP) is 7.49. The smallest absolute Gasteiger partial charge is 0.267 e. The Morgan fingerprint density at radius 2 is 1.47 bits per heavy atom. The maximum atomic E-state index is 13.8. The minimum atomic E-state index is -0.331. The number of hydrogen-bond donors (Lipinski definition) is 0. The van der Waals surface area contributed by atoms with Crippen molar-refractivity contribution in [1.82, 2.24) is 14.8 Å². The van der Waals surface area contributed by atoms with Gasteiger partial charge in [0.05, 0.1) is 23.1 Å². The standard InChI is InChI=1S/C32H25ClN4O/c1-22-12-14-23(15-13-22)29-20-30(37(34-29)32(38)25-16-18-26(33)19-17-25)28-21-36(27-10-6-3-7-11-27)35-31(28)24-8-4-2-5-9-24/h2-19,21,30H,20H2,1H3. The van der Waals surface area contributed by atoms with Gasteiger partial charge in [-0.15, -0.1) is 0 Å². The minimum absolute atomic E-state index is 0.180. The summed E-state index contributed by atoms with van der Waals surface area (Å²) in [6.45, 7) is 2.06. The van der Waals surface area contributed by atoms with Gasteiger partial charge in [-0.1, -0.05) is 90.0 Å². The lowest BCUT2D eigenvalue weighted by molar-refractivity contribution is 0.0711. The SMILES string of the molecule is Cc1ccc(C2=NN(C(=O)c3ccc(Cl)cc3)C(c3cn(-c4ccccc4)nc3-c3ccccc3)C2)cc1. The van der Waals surface area contributed by atoms with Gasteiger partial charge in [-0.05, 0) is 48.9 Å². The number of nitrogens with zero attached hydrogens (tertiary/aromatic N) is 4. The fourth-order valence-corrected chi connectivity index (χ4v) is 4.88. The first-order valence-electron chi connectivity index (χ1n) is 12.5. The van der Waals surface area contributed by atoms with Crippen molar-refractivity contribution in [2.45, 2.75) is 19.4 Å². The summed E-state index contributed by atoms with van der Waals surface area (Å²) in [6.07, 6.45) is 2.60. The maximum absolute atomic E-state index is 13.8. The third-order valence-electron chi connectivity index (χ3n) is 6.76. The fourth-order valence-electron chi connectivity index (χ4n) is 4.75. The minimum Gasteiger partial charge on any atom is -0.267 e. The largest absolute Gasteiger partial charge is 0.274 e. The number of amides is 1. The highest BCUT2D eigenvalue weighted by Gasteiger charge is 2.36. The van der Waals surface area contributed by atoms with Gasteiger partial charge in [-0.3, -0.25) is 4.79 Å². The van der Waals surface area contributed by atoms with E-state index in [0.29, 0.717) is 17.0 Å². The molecule has 1 amide bonds. The molecule has 1 aliphatic heterocycles. The zero-order valence-electron chi connectivity index (χ0n) is 20.8. The van der Waals surface area contributed by atoms with Gasteiger partial charge in [0, 0.05) is 34.3 Å². The summed E-state index contributed by atoms with van der Waals surface area (Å²) in [5.41, 5.74) is 7.28. The molecule has 5 nitrogen and oxygen atoms in total. The van der Waals surface area contributed by atoms with Crippen LogP contribution in [0.4, 0.5) is 0 Å². The third-order valence-corrected chi connectivity index (χ3v) is 7.02. The van der Waals surface area contributed by atoms with Crippen LogP contribution in [0.5, 0.6) is 0 Å².